The fourth-order valence-corrected chi connectivity index (χ4v) is 3.32. The van der Waals surface area contributed by atoms with Crippen LogP contribution in [0.25, 0.3) is 16.8 Å². The maximum absolute atomic E-state index is 12.7. The van der Waals surface area contributed by atoms with Gasteiger partial charge in [0.25, 0.3) is 0 Å². The molecule has 0 unspecified atom stereocenters. The summed E-state index contributed by atoms with van der Waals surface area (Å²) in [5.74, 6) is 0.944. The van der Waals surface area contributed by atoms with E-state index in [1.165, 1.54) is 33.3 Å². The lowest BCUT2D eigenvalue weighted by molar-refractivity contribution is -0.274. The van der Waals surface area contributed by atoms with E-state index in [1.807, 2.05) is 12.1 Å². The second kappa shape index (κ2) is 9.27. The Bertz CT molecular complexity index is 1300. The van der Waals surface area contributed by atoms with E-state index in [9.17, 15) is 18.0 Å². The second-order valence-corrected chi connectivity index (χ2v) is 7.08. The maximum atomic E-state index is 12.7. The van der Waals surface area contributed by atoms with Crippen LogP contribution in [0.15, 0.2) is 71.7 Å². The molecule has 0 spiro atoms. The largest absolute Gasteiger partial charge is 0.573 e. The van der Waals surface area contributed by atoms with E-state index in [0.717, 1.165) is 0 Å². The molecule has 4 aromatic rings. The Kier molecular flexibility index (Phi) is 6.25. The first-order chi connectivity index (χ1) is 15.8. The van der Waals surface area contributed by atoms with Crippen molar-refractivity contribution in [1.82, 2.24) is 14.2 Å². The number of para-hydroxylation sites is 2. The first-order valence-corrected chi connectivity index (χ1v) is 10.1. The van der Waals surface area contributed by atoms with Gasteiger partial charge in [-0.2, -0.15) is 0 Å². The average Bonchev–Trinajstić information content (AvgIpc) is 3.11. The van der Waals surface area contributed by atoms with Gasteiger partial charge >= 0.3 is 12.1 Å². The predicted molar refractivity (Wildman–Crippen MR) is 115 cm³/mol. The fraction of sp³-hybridized carbons (Fsp3) is 0.217. The third-order valence-corrected chi connectivity index (χ3v) is 4.84. The minimum absolute atomic E-state index is 0.312. The minimum Gasteiger partial charge on any atom is -0.493 e. The number of aryl methyl sites for hydroxylation is 1. The lowest BCUT2D eigenvalue weighted by atomic mass is 10.1. The average molecular weight is 459 g/mol. The Morgan fingerprint density at radius 3 is 2.33 bits per heavy atom. The number of nitrogens with zero attached hydrogens (tertiary/aromatic N) is 3. The number of hydrogen-bond acceptors (Lipinski definition) is 5. The summed E-state index contributed by atoms with van der Waals surface area (Å²) in [6.45, 7) is 0.729. The normalized spacial score (nSPS) is 11.5. The molecular formula is C23H20F3N3O4. The van der Waals surface area contributed by atoms with Crippen molar-refractivity contribution < 1.29 is 27.4 Å². The lowest BCUT2D eigenvalue weighted by Crippen LogP contribution is -2.22. The number of pyridine rings is 1. The van der Waals surface area contributed by atoms with Crippen LogP contribution < -0.4 is 19.9 Å². The van der Waals surface area contributed by atoms with Crippen molar-refractivity contribution in [3.8, 4) is 28.4 Å². The summed E-state index contributed by atoms with van der Waals surface area (Å²) in [6, 6.07) is 16.2. The number of aromatic nitrogens is 3. The quantitative estimate of drug-likeness (QED) is 0.362. The van der Waals surface area contributed by atoms with Crippen molar-refractivity contribution >= 4 is 5.65 Å². The van der Waals surface area contributed by atoms with Crippen LogP contribution in [-0.2, 0) is 6.54 Å². The number of methoxy groups -OCH3 is 1. The van der Waals surface area contributed by atoms with Gasteiger partial charge in [-0.05, 0) is 47.5 Å². The van der Waals surface area contributed by atoms with Crippen molar-refractivity contribution in [2.45, 2.75) is 19.3 Å². The molecule has 0 aliphatic heterocycles. The molecule has 0 saturated heterocycles. The van der Waals surface area contributed by atoms with E-state index >= 15 is 0 Å². The Hall–Kier alpha value is -3.95. The van der Waals surface area contributed by atoms with Gasteiger partial charge in [0.15, 0.2) is 17.1 Å². The van der Waals surface area contributed by atoms with E-state index in [4.69, 9.17) is 9.47 Å². The van der Waals surface area contributed by atoms with E-state index in [1.54, 1.807) is 37.6 Å². The molecule has 0 amide bonds. The Morgan fingerprint density at radius 2 is 1.64 bits per heavy atom. The number of hydrogen-bond donors (Lipinski definition) is 0. The van der Waals surface area contributed by atoms with Crippen LogP contribution in [-0.4, -0.2) is 34.3 Å². The van der Waals surface area contributed by atoms with Crippen LogP contribution in [0.4, 0.5) is 13.2 Å². The Balaban J connectivity index is 1.44. The SMILES string of the molecule is COc1ccccc1OCCCn1nc2ccc(-c3ccc(OC(F)(F)F)cc3)cn2c1=O. The second-order valence-electron chi connectivity index (χ2n) is 7.08. The summed E-state index contributed by atoms with van der Waals surface area (Å²) in [6.07, 6.45) is -2.60. The molecule has 2 aromatic heterocycles. The van der Waals surface area contributed by atoms with Crippen molar-refractivity contribution in [2.24, 2.45) is 0 Å². The van der Waals surface area contributed by atoms with E-state index in [0.29, 0.717) is 47.8 Å². The summed E-state index contributed by atoms with van der Waals surface area (Å²) in [7, 11) is 1.57. The van der Waals surface area contributed by atoms with Crippen LogP contribution >= 0.6 is 0 Å². The summed E-state index contributed by atoms with van der Waals surface area (Å²) < 4.78 is 54.6. The van der Waals surface area contributed by atoms with Gasteiger partial charge in [-0.15, -0.1) is 18.3 Å². The summed E-state index contributed by atoms with van der Waals surface area (Å²) in [5.41, 5.74) is 1.44. The van der Waals surface area contributed by atoms with Crippen LogP contribution in [0, 0.1) is 0 Å². The molecule has 0 fully saturated rings. The van der Waals surface area contributed by atoms with E-state index < -0.39 is 6.36 Å². The zero-order valence-corrected chi connectivity index (χ0v) is 17.6. The smallest absolute Gasteiger partial charge is 0.493 e. The monoisotopic (exact) mass is 459 g/mol. The van der Waals surface area contributed by atoms with Gasteiger partial charge in [0.05, 0.1) is 13.7 Å². The van der Waals surface area contributed by atoms with Crippen molar-refractivity contribution in [2.75, 3.05) is 13.7 Å². The van der Waals surface area contributed by atoms with Crippen LogP contribution in [0.3, 0.4) is 0 Å². The summed E-state index contributed by atoms with van der Waals surface area (Å²) in [5, 5.41) is 4.32. The molecule has 4 rings (SSSR count). The topological polar surface area (TPSA) is 67.0 Å². The highest BCUT2D eigenvalue weighted by Crippen LogP contribution is 2.27. The molecule has 10 heteroatoms. The van der Waals surface area contributed by atoms with Crippen LogP contribution in [0.5, 0.6) is 17.2 Å². The molecule has 0 saturated carbocycles. The molecule has 172 valence electrons. The zero-order valence-electron chi connectivity index (χ0n) is 17.6. The molecule has 0 N–H and O–H groups in total. The highest BCUT2D eigenvalue weighted by molar-refractivity contribution is 5.65. The van der Waals surface area contributed by atoms with Crippen molar-refractivity contribution in [1.29, 1.82) is 0 Å². The van der Waals surface area contributed by atoms with Crippen molar-refractivity contribution in [3.05, 3.63) is 77.3 Å². The van der Waals surface area contributed by atoms with Gasteiger partial charge in [0.1, 0.15) is 5.75 Å². The molecule has 0 aliphatic rings. The van der Waals surface area contributed by atoms with Gasteiger partial charge in [-0.3, -0.25) is 0 Å². The Labute approximate surface area is 186 Å². The van der Waals surface area contributed by atoms with E-state index in [2.05, 4.69) is 9.84 Å². The fourth-order valence-electron chi connectivity index (χ4n) is 3.32. The number of fused-ring (bicyclic) bond motifs is 1. The molecule has 0 radical (unpaired) electrons. The number of alkyl halides is 3. The molecule has 0 bridgehead atoms. The highest BCUT2D eigenvalue weighted by atomic mass is 19.4. The number of halogens is 3. The third-order valence-electron chi connectivity index (χ3n) is 4.84. The molecule has 0 atom stereocenters. The van der Waals surface area contributed by atoms with Crippen LogP contribution in [0.1, 0.15) is 6.42 Å². The molecule has 0 aliphatic carbocycles. The predicted octanol–water partition coefficient (Wildman–Crippen LogP) is 4.54. The lowest BCUT2D eigenvalue weighted by Gasteiger charge is -2.09. The molecule has 7 nitrogen and oxygen atoms in total. The molecule has 2 aromatic carbocycles. The number of ether oxygens (including phenoxy) is 3. The van der Waals surface area contributed by atoms with Gasteiger partial charge in [-0.25, -0.2) is 13.9 Å². The first-order valence-electron chi connectivity index (χ1n) is 10.1. The third kappa shape index (κ3) is 5.28. The maximum Gasteiger partial charge on any atom is 0.573 e. The van der Waals surface area contributed by atoms with Gasteiger partial charge in [-0.1, -0.05) is 24.3 Å². The standard InChI is InChI=1S/C23H20F3N3O4/c1-31-19-5-2-3-6-20(19)32-14-4-13-29-22(30)28-15-17(9-12-21(28)27-29)16-7-10-18(11-8-16)33-23(24,25)26/h2-3,5-12,15H,4,13-14H2,1H3. The Morgan fingerprint density at radius 1 is 0.939 bits per heavy atom. The van der Waals surface area contributed by atoms with Gasteiger partial charge < -0.3 is 14.2 Å². The minimum atomic E-state index is -4.75. The summed E-state index contributed by atoms with van der Waals surface area (Å²) >= 11 is 0. The first kappa shape index (κ1) is 22.3. The van der Waals surface area contributed by atoms with Crippen molar-refractivity contribution in [3.63, 3.8) is 0 Å². The zero-order chi connectivity index (χ0) is 23.4. The molecule has 33 heavy (non-hydrogen) atoms. The highest BCUT2D eigenvalue weighted by Gasteiger charge is 2.30. The number of benzene rings is 2. The summed E-state index contributed by atoms with van der Waals surface area (Å²) in [4.78, 5) is 12.7. The van der Waals surface area contributed by atoms with Crippen LogP contribution in [0.2, 0.25) is 0 Å². The van der Waals surface area contributed by atoms with E-state index in [-0.39, 0.29) is 11.4 Å². The molecular weight excluding hydrogens is 439 g/mol. The molecule has 2 heterocycles. The number of rotatable bonds is 8. The van der Waals surface area contributed by atoms with Gasteiger partial charge in [0.2, 0.25) is 0 Å². The van der Waals surface area contributed by atoms with Gasteiger partial charge in [0, 0.05) is 19.2 Å².